The van der Waals surface area contributed by atoms with Gasteiger partial charge in [-0.25, -0.2) is 4.98 Å². The molecule has 8 aromatic rings. The second kappa shape index (κ2) is 20.4. The number of imidazole rings is 1. The second-order valence-corrected chi connectivity index (χ2v) is 18.5. The van der Waals surface area contributed by atoms with Crippen LogP contribution in [-0.2, 0) is 18.5 Å². The van der Waals surface area contributed by atoms with E-state index < -0.39 is 0 Å². The monoisotopic (exact) mass is 833 g/mol. The Labute approximate surface area is 376 Å². The summed E-state index contributed by atoms with van der Waals surface area (Å²) >= 11 is 0. The highest BCUT2D eigenvalue weighted by Crippen LogP contribution is 2.55. The van der Waals surface area contributed by atoms with Crippen molar-refractivity contribution >= 4 is 32.8 Å². The van der Waals surface area contributed by atoms with Crippen LogP contribution < -0.4 is 0 Å². The third-order valence-electron chi connectivity index (χ3n) is 14.3. The van der Waals surface area contributed by atoms with Crippen LogP contribution in [0.1, 0.15) is 141 Å². The van der Waals surface area contributed by atoms with Crippen LogP contribution in [-0.4, -0.2) is 19.1 Å². The van der Waals surface area contributed by atoms with E-state index in [-0.39, 0.29) is 5.41 Å². The van der Waals surface area contributed by atoms with Crippen molar-refractivity contribution in [1.29, 1.82) is 0 Å². The summed E-state index contributed by atoms with van der Waals surface area (Å²) in [5.74, 6) is 0.965. The van der Waals surface area contributed by atoms with E-state index in [9.17, 15) is 0 Å². The highest BCUT2D eigenvalue weighted by atomic mass is 15.1. The maximum atomic E-state index is 4.98. The van der Waals surface area contributed by atoms with Gasteiger partial charge in [0.1, 0.15) is 5.69 Å². The number of hydrogen-bond acceptors (Lipinski definition) is 2. The van der Waals surface area contributed by atoms with E-state index in [4.69, 9.17) is 4.98 Å². The van der Waals surface area contributed by atoms with E-state index in [1.54, 1.807) is 11.1 Å². The molecule has 3 aromatic heterocycles. The predicted octanol–water partition coefficient (Wildman–Crippen LogP) is 16.9. The predicted molar refractivity (Wildman–Crippen MR) is 269 cm³/mol. The minimum atomic E-state index is 0.0888. The first-order chi connectivity index (χ1) is 31.2. The zero-order chi connectivity index (χ0) is 42.9. The Morgan fingerprint density at radius 3 is 1.79 bits per heavy atom. The Morgan fingerprint density at radius 2 is 1.03 bits per heavy atom. The van der Waals surface area contributed by atoms with Crippen LogP contribution in [0, 0.1) is 0 Å². The maximum Gasteiger partial charge on any atom is 0.159 e. The van der Waals surface area contributed by atoms with Crippen molar-refractivity contribution in [3.05, 3.63) is 145 Å². The summed E-state index contributed by atoms with van der Waals surface area (Å²) in [7, 11) is 0. The standard InChI is InChI=1S/C59H68N4/c1-3-5-7-9-11-22-38-59(39-23-12-10-8-6-4-2)51-29-17-15-27-47(51)48-36-34-46(44-52(48)59)45-35-37-56-50(43-45)49-28-16-19-32-55(49)62(56)41-25-13-14-26-42-63-57-33-20-18-30-53(57)61-58(63)54-31-21-24-40-60-54/h15-21,24,27-37,40,43-44H,3-14,22-23,25-26,38-39,41-42H2,1-2H3. The Morgan fingerprint density at radius 1 is 0.444 bits per heavy atom. The fourth-order valence-electron chi connectivity index (χ4n) is 11.1. The van der Waals surface area contributed by atoms with Gasteiger partial charge in [0, 0.05) is 46.5 Å². The third kappa shape index (κ3) is 9.01. The fourth-order valence-corrected chi connectivity index (χ4v) is 11.1. The lowest BCUT2D eigenvalue weighted by Crippen LogP contribution is -2.25. The van der Waals surface area contributed by atoms with Gasteiger partial charge in [0.25, 0.3) is 0 Å². The van der Waals surface area contributed by atoms with Crippen molar-refractivity contribution in [3.8, 4) is 33.8 Å². The van der Waals surface area contributed by atoms with E-state index >= 15 is 0 Å². The minimum Gasteiger partial charge on any atom is -0.340 e. The minimum absolute atomic E-state index is 0.0888. The SMILES string of the molecule is CCCCCCCCC1(CCCCCCCC)c2ccccc2-c2ccc(-c3ccc4c(c3)c3ccccc3n4CCCCCCn3c(-c4ccccn4)nc4ccccc43)cc21. The lowest BCUT2D eigenvalue weighted by molar-refractivity contribution is 0.398. The summed E-state index contributed by atoms with van der Waals surface area (Å²) in [6, 6.07) is 47.9. The van der Waals surface area contributed by atoms with Crippen LogP contribution in [0.4, 0.5) is 0 Å². The molecule has 0 unspecified atom stereocenters. The zero-order valence-corrected chi connectivity index (χ0v) is 38.1. The van der Waals surface area contributed by atoms with Gasteiger partial charge in [-0.05, 0) is 108 Å². The molecule has 4 heteroatoms. The molecule has 0 atom stereocenters. The number of unbranched alkanes of at least 4 members (excludes halogenated alkanes) is 13. The normalized spacial score (nSPS) is 13.0. The first-order valence-corrected chi connectivity index (χ1v) is 24.8. The van der Waals surface area contributed by atoms with Crippen molar-refractivity contribution in [3.63, 3.8) is 0 Å². The van der Waals surface area contributed by atoms with Crippen LogP contribution in [0.2, 0.25) is 0 Å². The summed E-state index contributed by atoms with van der Waals surface area (Å²) < 4.78 is 4.95. The maximum absolute atomic E-state index is 4.98. The molecular weight excluding hydrogens is 765 g/mol. The number of fused-ring (bicyclic) bond motifs is 7. The van der Waals surface area contributed by atoms with E-state index in [0.717, 1.165) is 43.0 Å². The smallest absolute Gasteiger partial charge is 0.159 e. The van der Waals surface area contributed by atoms with Gasteiger partial charge >= 0.3 is 0 Å². The molecule has 63 heavy (non-hydrogen) atoms. The zero-order valence-electron chi connectivity index (χ0n) is 38.1. The van der Waals surface area contributed by atoms with Gasteiger partial charge in [-0.2, -0.15) is 0 Å². The molecule has 5 aromatic carbocycles. The van der Waals surface area contributed by atoms with Gasteiger partial charge in [0.2, 0.25) is 0 Å². The molecule has 3 heterocycles. The molecule has 0 bridgehead atoms. The average molecular weight is 833 g/mol. The third-order valence-corrected chi connectivity index (χ3v) is 14.3. The van der Waals surface area contributed by atoms with Gasteiger partial charge in [-0.3, -0.25) is 4.98 Å². The van der Waals surface area contributed by atoms with Crippen molar-refractivity contribution in [2.24, 2.45) is 0 Å². The van der Waals surface area contributed by atoms with Gasteiger partial charge in [0.15, 0.2) is 5.82 Å². The quantitative estimate of drug-likeness (QED) is 0.0602. The topological polar surface area (TPSA) is 35.6 Å². The van der Waals surface area contributed by atoms with Crippen molar-refractivity contribution in [1.82, 2.24) is 19.1 Å². The van der Waals surface area contributed by atoms with Gasteiger partial charge in [-0.15, -0.1) is 0 Å². The number of rotatable bonds is 23. The largest absolute Gasteiger partial charge is 0.340 e. The van der Waals surface area contributed by atoms with Gasteiger partial charge in [0.05, 0.1) is 11.0 Å². The molecule has 1 aliphatic carbocycles. The van der Waals surface area contributed by atoms with Gasteiger partial charge in [-0.1, -0.05) is 183 Å². The number of aromatic nitrogens is 4. The molecular formula is C59H68N4. The number of para-hydroxylation sites is 3. The molecule has 324 valence electrons. The lowest BCUT2D eigenvalue weighted by atomic mass is 9.70. The van der Waals surface area contributed by atoms with Crippen LogP contribution in [0.15, 0.2) is 134 Å². The molecule has 1 aliphatic rings. The Hall–Kier alpha value is -5.48. The molecule has 0 saturated heterocycles. The highest BCUT2D eigenvalue weighted by molar-refractivity contribution is 6.09. The number of benzene rings is 5. The van der Waals surface area contributed by atoms with Crippen LogP contribution >= 0.6 is 0 Å². The van der Waals surface area contributed by atoms with Crippen LogP contribution in [0.25, 0.3) is 66.6 Å². The lowest BCUT2D eigenvalue weighted by Gasteiger charge is -2.33. The van der Waals surface area contributed by atoms with Crippen LogP contribution in [0.3, 0.4) is 0 Å². The molecule has 0 amide bonds. The second-order valence-electron chi connectivity index (χ2n) is 18.5. The molecule has 0 saturated carbocycles. The highest BCUT2D eigenvalue weighted by Gasteiger charge is 2.42. The molecule has 0 radical (unpaired) electrons. The number of nitrogens with zero attached hydrogens (tertiary/aromatic N) is 4. The molecule has 0 N–H and O–H groups in total. The summed E-state index contributed by atoms with van der Waals surface area (Å²) in [6.45, 7) is 6.61. The number of aryl methyl sites for hydroxylation is 2. The van der Waals surface area contributed by atoms with Gasteiger partial charge < -0.3 is 9.13 Å². The Kier molecular flexibility index (Phi) is 13.8. The van der Waals surface area contributed by atoms with E-state index in [1.165, 1.54) is 152 Å². The summed E-state index contributed by atoms with van der Waals surface area (Å²) in [5.41, 5.74) is 14.7. The Balaban J connectivity index is 0.942. The number of pyridine rings is 1. The average Bonchev–Trinajstić information content (AvgIpc) is 3.95. The molecule has 9 rings (SSSR count). The molecule has 0 spiro atoms. The van der Waals surface area contributed by atoms with Crippen LogP contribution in [0.5, 0.6) is 0 Å². The van der Waals surface area contributed by atoms with E-state index in [0.29, 0.717) is 0 Å². The first-order valence-electron chi connectivity index (χ1n) is 24.8. The molecule has 0 fully saturated rings. The van der Waals surface area contributed by atoms with E-state index in [1.807, 2.05) is 18.3 Å². The molecule has 0 aliphatic heterocycles. The van der Waals surface area contributed by atoms with Crippen molar-refractivity contribution in [2.45, 2.75) is 148 Å². The van der Waals surface area contributed by atoms with Crippen molar-refractivity contribution < 1.29 is 0 Å². The van der Waals surface area contributed by atoms with E-state index in [2.05, 4.69) is 143 Å². The van der Waals surface area contributed by atoms with Crippen molar-refractivity contribution in [2.75, 3.05) is 0 Å². The number of hydrogen-bond donors (Lipinski definition) is 0. The molecule has 4 nitrogen and oxygen atoms in total. The Bertz CT molecular complexity index is 2720. The summed E-state index contributed by atoms with van der Waals surface area (Å²) in [6.07, 6.45) is 25.1. The fraction of sp³-hybridized carbons (Fsp3) is 0.390. The first kappa shape index (κ1) is 42.8. The summed E-state index contributed by atoms with van der Waals surface area (Å²) in [5, 5.41) is 2.73. The summed E-state index contributed by atoms with van der Waals surface area (Å²) in [4.78, 5) is 9.63.